The lowest BCUT2D eigenvalue weighted by Gasteiger charge is -2.10. The van der Waals surface area contributed by atoms with Crippen molar-refractivity contribution in [3.63, 3.8) is 0 Å². The molecule has 0 unspecified atom stereocenters. The maximum Gasteiger partial charge on any atom is 0.167 e. The number of aryl methyl sites for hydroxylation is 1. The number of anilines is 3. The molecule has 18 heavy (non-hydrogen) atoms. The van der Waals surface area contributed by atoms with E-state index >= 15 is 0 Å². The van der Waals surface area contributed by atoms with Gasteiger partial charge in [-0.05, 0) is 36.8 Å². The number of nitrogens with two attached hydrogens (primary N) is 1. The minimum atomic E-state index is -0.400. The van der Waals surface area contributed by atoms with Crippen LogP contribution in [-0.4, -0.2) is 7.11 Å². The van der Waals surface area contributed by atoms with Crippen molar-refractivity contribution in [1.29, 1.82) is 0 Å². The molecule has 3 nitrogen and oxygen atoms in total. The Labute approximate surface area is 105 Å². The molecule has 0 atom stereocenters. The summed E-state index contributed by atoms with van der Waals surface area (Å²) in [6.45, 7) is 1.94. The molecule has 0 aliphatic carbocycles. The van der Waals surface area contributed by atoms with Crippen LogP contribution < -0.4 is 15.8 Å². The van der Waals surface area contributed by atoms with E-state index in [4.69, 9.17) is 10.5 Å². The standard InChI is InChI=1S/C14H15FN2O/c1-9-3-4-11(8-13(9)16)17-10-5-6-14(18-2)12(15)7-10/h3-8,17H,16H2,1-2H3. The lowest BCUT2D eigenvalue weighted by Crippen LogP contribution is -1.95. The Morgan fingerprint density at radius 2 is 1.78 bits per heavy atom. The molecule has 2 rings (SSSR count). The van der Waals surface area contributed by atoms with Crippen LogP contribution in [0.4, 0.5) is 21.5 Å². The third-order valence-electron chi connectivity index (χ3n) is 2.72. The van der Waals surface area contributed by atoms with Gasteiger partial charge in [-0.1, -0.05) is 6.07 Å². The van der Waals surface area contributed by atoms with Gasteiger partial charge in [0, 0.05) is 23.1 Å². The zero-order valence-electron chi connectivity index (χ0n) is 10.3. The second-order valence-electron chi connectivity index (χ2n) is 4.05. The SMILES string of the molecule is COc1ccc(Nc2ccc(C)c(N)c2)cc1F. The molecule has 0 heterocycles. The molecular formula is C14H15FN2O. The molecule has 4 heteroatoms. The van der Waals surface area contributed by atoms with Crippen molar-refractivity contribution in [2.45, 2.75) is 6.92 Å². The number of rotatable bonds is 3. The van der Waals surface area contributed by atoms with E-state index in [0.29, 0.717) is 11.4 Å². The smallest absolute Gasteiger partial charge is 0.167 e. The molecule has 0 aliphatic heterocycles. The van der Waals surface area contributed by atoms with E-state index in [0.717, 1.165) is 11.3 Å². The van der Waals surface area contributed by atoms with Gasteiger partial charge in [-0.2, -0.15) is 0 Å². The third kappa shape index (κ3) is 2.53. The average molecular weight is 246 g/mol. The minimum absolute atomic E-state index is 0.226. The van der Waals surface area contributed by atoms with Crippen LogP contribution in [0.15, 0.2) is 36.4 Å². The first-order chi connectivity index (χ1) is 8.60. The molecule has 0 bridgehead atoms. The van der Waals surface area contributed by atoms with Gasteiger partial charge in [0.2, 0.25) is 0 Å². The van der Waals surface area contributed by atoms with Gasteiger partial charge in [-0.25, -0.2) is 4.39 Å². The lowest BCUT2D eigenvalue weighted by molar-refractivity contribution is 0.386. The Kier molecular flexibility index (Phi) is 3.37. The molecule has 0 aromatic heterocycles. The van der Waals surface area contributed by atoms with Crippen LogP contribution in [-0.2, 0) is 0 Å². The van der Waals surface area contributed by atoms with Gasteiger partial charge in [0.25, 0.3) is 0 Å². The van der Waals surface area contributed by atoms with Crippen LogP contribution >= 0.6 is 0 Å². The zero-order chi connectivity index (χ0) is 13.1. The number of halogens is 1. The summed E-state index contributed by atoms with van der Waals surface area (Å²) in [5, 5.41) is 3.09. The highest BCUT2D eigenvalue weighted by atomic mass is 19.1. The maximum absolute atomic E-state index is 13.5. The predicted octanol–water partition coefficient (Wildman–Crippen LogP) is 3.47. The fraction of sp³-hybridized carbons (Fsp3) is 0.143. The highest BCUT2D eigenvalue weighted by Crippen LogP contribution is 2.25. The third-order valence-corrected chi connectivity index (χ3v) is 2.72. The van der Waals surface area contributed by atoms with Gasteiger partial charge in [0.1, 0.15) is 0 Å². The van der Waals surface area contributed by atoms with E-state index in [-0.39, 0.29) is 5.75 Å². The number of benzene rings is 2. The van der Waals surface area contributed by atoms with Crippen LogP contribution in [0, 0.1) is 12.7 Å². The van der Waals surface area contributed by atoms with Gasteiger partial charge in [0.15, 0.2) is 11.6 Å². The van der Waals surface area contributed by atoms with Gasteiger partial charge in [0.05, 0.1) is 7.11 Å². The molecule has 0 fully saturated rings. The van der Waals surface area contributed by atoms with Crippen molar-refractivity contribution < 1.29 is 9.13 Å². The van der Waals surface area contributed by atoms with Crippen LogP contribution in [0.25, 0.3) is 0 Å². The summed E-state index contributed by atoms with van der Waals surface area (Å²) >= 11 is 0. The molecule has 0 radical (unpaired) electrons. The van der Waals surface area contributed by atoms with E-state index < -0.39 is 5.82 Å². The summed E-state index contributed by atoms with van der Waals surface area (Å²) in [4.78, 5) is 0. The number of ether oxygens (including phenoxy) is 1. The number of methoxy groups -OCH3 is 1. The van der Waals surface area contributed by atoms with Gasteiger partial charge in [-0.3, -0.25) is 0 Å². The summed E-state index contributed by atoms with van der Waals surface area (Å²) in [7, 11) is 1.44. The van der Waals surface area contributed by atoms with Crippen molar-refractivity contribution >= 4 is 17.1 Å². The molecule has 3 N–H and O–H groups in total. The second-order valence-corrected chi connectivity index (χ2v) is 4.05. The van der Waals surface area contributed by atoms with Crippen LogP contribution in [0.5, 0.6) is 5.75 Å². The molecule has 94 valence electrons. The molecule has 2 aromatic carbocycles. The molecule has 0 amide bonds. The molecule has 0 spiro atoms. The fourth-order valence-electron chi connectivity index (χ4n) is 1.63. The largest absolute Gasteiger partial charge is 0.494 e. The zero-order valence-corrected chi connectivity index (χ0v) is 10.3. The average Bonchev–Trinajstić information content (AvgIpc) is 2.34. The Morgan fingerprint density at radius 1 is 1.11 bits per heavy atom. The highest BCUT2D eigenvalue weighted by molar-refractivity contribution is 5.65. The molecular weight excluding hydrogens is 231 g/mol. The Balaban J connectivity index is 2.23. The normalized spacial score (nSPS) is 10.2. The molecule has 0 aliphatic rings. The van der Waals surface area contributed by atoms with Crippen molar-refractivity contribution in [3.05, 3.63) is 47.8 Å². The van der Waals surface area contributed by atoms with E-state index in [1.54, 1.807) is 12.1 Å². The van der Waals surface area contributed by atoms with Crippen molar-refractivity contribution in [3.8, 4) is 5.75 Å². The molecule has 0 saturated heterocycles. The van der Waals surface area contributed by atoms with Gasteiger partial charge in [-0.15, -0.1) is 0 Å². The number of nitrogens with one attached hydrogen (secondary N) is 1. The Hall–Kier alpha value is -2.23. The highest BCUT2D eigenvalue weighted by Gasteiger charge is 2.04. The summed E-state index contributed by atoms with van der Waals surface area (Å²) in [5.74, 6) is -0.174. The number of hydrogen-bond donors (Lipinski definition) is 2. The van der Waals surface area contributed by atoms with Crippen LogP contribution in [0.3, 0.4) is 0 Å². The summed E-state index contributed by atoms with van der Waals surface area (Å²) in [6, 6.07) is 10.3. The van der Waals surface area contributed by atoms with Crippen molar-refractivity contribution in [1.82, 2.24) is 0 Å². The van der Waals surface area contributed by atoms with E-state index in [2.05, 4.69) is 5.32 Å². The van der Waals surface area contributed by atoms with E-state index in [1.807, 2.05) is 25.1 Å². The first kappa shape index (κ1) is 12.2. The van der Waals surface area contributed by atoms with Gasteiger partial charge >= 0.3 is 0 Å². The van der Waals surface area contributed by atoms with Crippen molar-refractivity contribution in [2.24, 2.45) is 0 Å². The van der Waals surface area contributed by atoms with Gasteiger partial charge < -0.3 is 15.8 Å². The second kappa shape index (κ2) is 4.96. The maximum atomic E-state index is 13.5. The van der Waals surface area contributed by atoms with Crippen molar-refractivity contribution in [2.75, 3.05) is 18.2 Å². The summed E-state index contributed by atoms with van der Waals surface area (Å²) in [6.07, 6.45) is 0. The quantitative estimate of drug-likeness (QED) is 0.815. The summed E-state index contributed by atoms with van der Waals surface area (Å²) < 4.78 is 18.4. The fourth-order valence-corrected chi connectivity index (χ4v) is 1.63. The van der Waals surface area contributed by atoms with Crippen LogP contribution in [0.2, 0.25) is 0 Å². The topological polar surface area (TPSA) is 47.3 Å². The van der Waals surface area contributed by atoms with E-state index in [9.17, 15) is 4.39 Å². The monoisotopic (exact) mass is 246 g/mol. The molecule has 0 saturated carbocycles. The lowest BCUT2D eigenvalue weighted by atomic mass is 10.2. The first-order valence-corrected chi connectivity index (χ1v) is 5.57. The van der Waals surface area contributed by atoms with Crippen LogP contribution in [0.1, 0.15) is 5.56 Å². The number of hydrogen-bond acceptors (Lipinski definition) is 3. The Bertz CT molecular complexity index is 570. The predicted molar refractivity (Wildman–Crippen MR) is 71.8 cm³/mol. The Morgan fingerprint density at radius 3 is 2.39 bits per heavy atom. The minimum Gasteiger partial charge on any atom is -0.494 e. The molecule has 2 aromatic rings. The number of nitrogen functional groups attached to an aromatic ring is 1. The van der Waals surface area contributed by atoms with E-state index in [1.165, 1.54) is 13.2 Å². The first-order valence-electron chi connectivity index (χ1n) is 5.57. The summed E-state index contributed by atoms with van der Waals surface area (Å²) in [5.41, 5.74) is 9.01.